The molecule has 0 spiro atoms. The maximum Gasteiger partial charge on any atom is 0.262 e. The standard InChI is InChI=1S/C18H23ClN4O3S/c1-4-7-20-15(24)9-21-16(25)10-27-18-22-14-8-12(19)5-6-13(14)17(26)23(18)11(2)3/h5-6,8,11H,4,7,9-10H2,1-3H3,(H,20,24)(H,21,25). The molecule has 1 aromatic carbocycles. The fraction of sp³-hybridized carbons (Fsp3) is 0.444. The Labute approximate surface area is 166 Å². The SMILES string of the molecule is CCCNC(=O)CNC(=O)CSc1nc2cc(Cl)ccc2c(=O)n1C(C)C. The smallest absolute Gasteiger partial charge is 0.262 e. The van der Waals surface area contributed by atoms with Gasteiger partial charge in [-0.3, -0.25) is 19.0 Å². The van der Waals surface area contributed by atoms with Gasteiger partial charge in [-0.25, -0.2) is 4.98 Å². The number of carbonyl (C=O) groups is 2. The van der Waals surface area contributed by atoms with Crippen molar-refractivity contribution in [3.05, 3.63) is 33.6 Å². The monoisotopic (exact) mass is 410 g/mol. The van der Waals surface area contributed by atoms with Crippen LogP contribution >= 0.6 is 23.4 Å². The Morgan fingerprint density at radius 2 is 2.00 bits per heavy atom. The van der Waals surface area contributed by atoms with Gasteiger partial charge >= 0.3 is 0 Å². The number of nitrogens with zero attached hydrogens (tertiary/aromatic N) is 2. The lowest BCUT2D eigenvalue weighted by Crippen LogP contribution is -2.38. The number of aromatic nitrogens is 2. The van der Waals surface area contributed by atoms with Crippen LogP contribution in [0.3, 0.4) is 0 Å². The minimum atomic E-state index is -0.303. The molecule has 2 N–H and O–H groups in total. The van der Waals surface area contributed by atoms with Crippen LogP contribution in [0.2, 0.25) is 5.02 Å². The van der Waals surface area contributed by atoms with Gasteiger partial charge in [-0.2, -0.15) is 0 Å². The zero-order valence-corrected chi connectivity index (χ0v) is 17.1. The Bertz CT molecular complexity index is 898. The van der Waals surface area contributed by atoms with Gasteiger partial charge in [-0.05, 0) is 38.5 Å². The summed E-state index contributed by atoms with van der Waals surface area (Å²) in [4.78, 5) is 40.9. The molecule has 2 aromatic rings. The first-order valence-corrected chi connectivity index (χ1v) is 10.1. The third-order valence-electron chi connectivity index (χ3n) is 3.70. The fourth-order valence-electron chi connectivity index (χ4n) is 2.40. The van der Waals surface area contributed by atoms with Crippen molar-refractivity contribution in [2.45, 2.75) is 38.4 Å². The van der Waals surface area contributed by atoms with Gasteiger partial charge in [0, 0.05) is 17.6 Å². The summed E-state index contributed by atoms with van der Waals surface area (Å²) in [6.07, 6.45) is 0.833. The lowest BCUT2D eigenvalue weighted by Gasteiger charge is -2.16. The van der Waals surface area contributed by atoms with Crippen LogP contribution in [0.4, 0.5) is 0 Å². The van der Waals surface area contributed by atoms with Gasteiger partial charge in [0.25, 0.3) is 5.56 Å². The van der Waals surface area contributed by atoms with Gasteiger partial charge < -0.3 is 10.6 Å². The molecule has 0 unspecified atom stereocenters. The minimum Gasteiger partial charge on any atom is -0.355 e. The first kappa shape index (κ1) is 21.2. The number of thioether (sulfide) groups is 1. The Balaban J connectivity index is 2.13. The highest BCUT2D eigenvalue weighted by molar-refractivity contribution is 7.99. The summed E-state index contributed by atoms with van der Waals surface area (Å²) in [5, 5.41) is 6.66. The van der Waals surface area contributed by atoms with E-state index in [9.17, 15) is 14.4 Å². The molecule has 0 aliphatic heterocycles. The highest BCUT2D eigenvalue weighted by atomic mass is 35.5. The Hall–Kier alpha value is -2.06. The molecule has 0 radical (unpaired) electrons. The van der Waals surface area contributed by atoms with Gasteiger partial charge in [0.1, 0.15) is 0 Å². The molecular formula is C18H23ClN4O3S. The third-order valence-corrected chi connectivity index (χ3v) is 4.89. The van der Waals surface area contributed by atoms with E-state index in [4.69, 9.17) is 11.6 Å². The van der Waals surface area contributed by atoms with Gasteiger partial charge in [0.2, 0.25) is 11.8 Å². The summed E-state index contributed by atoms with van der Waals surface area (Å²) in [6, 6.07) is 4.82. The first-order valence-electron chi connectivity index (χ1n) is 8.71. The number of benzene rings is 1. The summed E-state index contributed by atoms with van der Waals surface area (Å²) in [7, 11) is 0. The zero-order valence-electron chi connectivity index (χ0n) is 15.5. The lowest BCUT2D eigenvalue weighted by molar-refractivity contribution is -0.124. The van der Waals surface area contributed by atoms with Crippen molar-refractivity contribution in [1.29, 1.82) is 0 Å². The molecule has 9 heteroatoms. The second-order valence-electron chi connectivity index (χ2n) is 6.24. The maximum absolute atomic E-state index is 12.8. The van der Waals surface area contributed by atoms with E-state index in [-0.39, 0.29) is 35.7 Å². The summed E-state index contributed by atoms with van der Waals surface area (Å²) in [5.74, 6) is -0.484. The lowest BCUT2D eigenvalue weighted by atomic mass is 10.2. The number of amides is 2. The molecule has 0 saturated carbocycles. The van der Waals surface area contributed by atoms with Crippen molar-refractivity contribution in [2.24, 2.45) is 0 Å². The molecule has 0 aliphatic carbocycles. The maximum atomic E-state index is 12.8. The van der Waals surface area contributed by atoms with Crippen LogP contribution in [0, 0.1) is 0 Å². The average molecular weight is 411 g/mol. The molecule has 0 saturated heterocycles. The number of halogens is 1. The van der Waals surface area contributed by atoms with Crippen LogP contribution in [0.25, 0.3) is 10.9 Å². The quantitative estimate of drug-likeness (QED) is 0.514. The Morgan fingerprint density at radius 1 is 1.26 bits per heavy atom. The van der Waals surface area contributed by atoms with Crippen LogP contribution in [-0.2, 0) is 9.59 Å². The molecule has 0 aliphatic rings. The molecule has 2 amide bonds. The van der Waals surface area contributed by atoms with Crippen LogP contribution in [0.15, 0.2) is 28.2 Å². The van der Waals surface area contributed by atoms with Gasteiger partial charge in [-0.1, -0.05) is 30.3 Å². The van der Waals surface area contributed by atoms with Crippen LogP contribution < -0.4 is 16.2 Å². The van der Waals surface area contributed by atoms with E-state index in [1.807, 2.05) is 20.8 Å². The second-order valence-corrected chi connectivity index (χ2v) is 7.62. The molecule has 0 bridgehead atoms. The van der Waals surface area contributed by atoms with Crippen LogP contribution in [0.1, 0.15) is 33.2 Å². The minimum absolute atomic E-state index is 0.0479. The van der Waals surface area contributed by atoms with Gasteiger partial charge in [0.15, 0.2) is 5.16 Å². The van der Waals surface area contributed by atoms with E-state index in [2.05, 4.69) is 15.6 Å². The third kappa shape index (κ3) is 5.71. The predicted octanol–water partition coefficient (Wildman–Crippen LogP) is 2.37. The van der Waals surface area contributed by atoms with Gasteiger partial charge in [-0.15, -0.1) is 0 Å². The highest BCUT2D eigenvalue weighted by Gasteiger charge is 2.16. The molecule has 0 atom stereocenters. The molecular weight excluding hydrogens is 388 g/mol. The average Bonchev–Trinajstić information content (AvgIpc) is 2.62. The van der Waals surface area contributed by atoms with E-state index in [1.54, 1.807) is 22.8 Å². The number of hydrogen-bond donors (Lipinski definition) is 2. The molecule has 1 aromatic heterocycles. The van der Waals surface area contributed by atoms with Crippen LogP contribution in [0.5, 0.6) is 0 Å². The van der Waals surface area contributed by atoms with Crippen LogP contribution in [-0.4, -0.2) is 40.2 Å². The number of hydrogen-bond acceptors (Lipinski definition) is 5. The molecule has 146 valence electrons. The molecule has 7 nitrogen and oxygen atoms in total. The fourth-order valence-corrected chi connectivity index (χ4v) is 3.52. The van der Waals surface area contributed by atoms with Gasteiger partial charge in [0.05, 0.1) is 23.2 Å². The molecule has 1 heterocycles. The number of carbonyl (C=O) groups excluding carboxylic acids is 2. The second kappa shape index (κ2) is 9.75. The largest absolute Gasteiger partial charge is 0.355 e. The molecule has 27 heavy (non-hydrogen) atoms. The van der Waals surface area contributed by atoms with E-state index >= 15 is 0 Å². The summed E-state index contributed by atoms with van der Waals surface area (Å²) in [6.45, 7) is 6.22. The summed E-state index contributed by atoms with van der Waals surface area (Å²) in [5.41, 5.74) is 0.319. The van der Waals surface area contributed by atoms with E-state index in [0.29, 0.717) is 27.6 Å². The summed E-state index contributed by atoms with van der Waals surface area (Å²) < 4.78 is 1.56. The Morgan fingerprint density at radius 3 is 2.67 bits per heavy atom. The number of nitrogens with one attached hydrogen (secondary N) is 2. The van der Waals surface area contributed by atoms with E-state index in [0.717, 1.165) is 18.2 Å². The van der Waals surface area contributed by atoms with E-state index in [1.165, 1.54) is 0 Å². The predicted molar refractivity (Wildman–Crippen MR) is 108 cm³/mol. The zero-order chi connectivity index (χ0) is 20.0. The van der Waals surface area contributed by atoms with E-state index < -0.39 is 0 Å². The van der Waals surface area contributed by atoms with Crippen molar-refractivity contribution in [3.8, 4) is 0 Å². The highest BCUT2D eigenvalue weighted by Crippen LogP contribution is 2.22. The normalized spacial score (nSPS) is 11.0. The summed E-state index contributed by atoms with van der Waals surface area (Å²) >= 11 is 7.16. The Kier molecular flexibility index (Phi) is 7.67. The van der Waals surface area contributed by atoms with Crippen molar-refractivity contribution in [1.82, 2.24) is 20.2 Å². The topological polar surface area (TPSA) is 93.1 Å². The number of fused-ring (bicyclic) bond motifs is 1. The molecule has 2 rings (SSSR count). The van der Waals surface area contributed by atoms with Crippen molar-refractivity contribution in [2.75, 3.05) is 18.8 Å². The van der Waals surface area contributed by atoms with Crippen molar-refractivity contribution < 1.29 is 9.59 Å². The molecule has 0 fully saturated rings. The first-order chi connectivity index (χ1) is 12.8. The van der Waals surface area contributed by atoms with Crippen molar-refractivity contribution >= 4 is 46.1 Å². The van der Waals surface area contributed by atoms with Crippen molar-refractivity contribution in [3.63, 3.8) is 0 Å². The number of rotatable bonds is 8.